The second-order valence-corrected chi connectivity index (χ2v) is 5.30. The van der Waals surface area contributed by atoms with Crippen LogP contribution in [0.5, 0.6) is 0 Å². The summed E-state index contributed by atoms with van der Waals surface area (Å²) in [4.78, 5) is 22.8. The summed E-state index contributed by atoms with van der Waals surface area (Å²) in [5, 5.41) is 0. The third-order valence-corrected chi connectivity index (χ3v) is 3.15. The van der Waals surface area contributed by atoms with Crippen LogP contribution in [-0.2, 0) is 19.4 Å². The minimum Gasteiger partial charge on any atom is -0.460 e. The molecule has 0 aromatic heterocycles. The smallest absolute Gasteiger partial charge is 0.379 e. The van der Waals surface area contributed by atoms with E-state index >= 15 is 0 Å². The SMILES string of the molecule is CCOC(=O)C(=O)c1ccccc1S(C)(=O)=O. The molecule has 0 saturated heterocycles. The van der Waals surface area contributed by atoms with Gasteiger partial charge in [-0.05, 0) is 19.1 Å². The Morgan fingerprint density at radius 2 is 1.82 bits per heavy atom. The zero-order valence-corrected chi connectivity index (χ0v) is 10.3. The van der Waals surface area contributed by atoms with Gasteiger partial charge in [0.1, 0.15) is 0 Å². The van der Waals surface area contributed by atoms with Crippen molar-refractivity contribution < 1.29 is 22.7 Å². The molecule has 5 nitrogen and oxygen atoms in total. The van der Waals surface area contributed by atoms with Crippen LogP contribution in [0.3, 0.4) is 0 Å². The van der Waals surface area contributed by atoms with Crippen molar-refractivity contribution in [1.29, 1.82) is 0 Å². The van der Waals surface area contributed by atoms with Gasteiger partial charge in [-0.2, -0.15) is 0 Å². The summed E-state index contributed by atoms with van der Waals surface area (Å²) in [6.45, 7) is 1.62. The Labute approximate surface area is 99.3 Å². The van der Waals surface area contributed by atoms with Crippen LogP contribution in [0.25, 0.3) is 0 Å². The standard InChI is InChI=1S/C11H12O5S/c1-3-16-11(13)10(12)8-6-4-5-7-9(8)17(2,14)15/h4-7H,3H2,1-2H3. The minimum atomic E-state index is -3.56. The van der Waals surface area contributed by atoms with E-state index in [4.69, 9.17) is 0 Å². The molecule has 0 saturated carbocycles. The van der Waals surface area contributed by atoms with E-state index in [0.29, 0.717) is 0 Å². The number of benzene rings is 1. The molecule has 0 amide bonds. The van der Waals surface area contributed by atoms with Crippen LogP contribution in [-0.4, -0.2) is 33.0 Å². The van der Waals surface area contributed by atoms with Crippen LogP contribution in [0.4, 0.5) is 0 Å². The van der Waals surface area contributed by atoms with E-state index in [1.807, 2.05) is 0 Å². The Morgan fingerprint density at radius 3 is 2.35 bits per heavy atom. The number of carbonyl (C=O) groups excluding carboxylic acids is 2. The predicted octanol–water partition coefficient (Wildman–Crippen LogP) is 0.836. The number of rotatable bonds is 4. The number of carbonyl (C=O) groups is 2. The first-order valence-corrected chi connectivity index (χ1v) is 6.77. The zero-order chi connectivity index (χ0) is 13.1. The third kappa shape index (κ3) is 3.13. The number of sulfone groups is 1. The molecule has 1 aromatic carbocycles. The molecule has 92 valence electrons. The second kappa shape index (κ2) is 5.09. The van der Waals surface area contributed by atoms with E-state index < -0.39 is 21.6 Å². The van der Waals surface area contributed by atoms with Crippen molar-refractivity contribution in [3.05, 3.63) is 29.8 Å². The van der Waals surface area contributed by atoms with Crippen molar-refractivity contribution in [3.8, 4) is 0 Å². The van der Waals surface area contributed by atoms with Crippen molar-refractivity contribution in [2.45, 2.75) is 11.8 Å². The van der Waals surface area contributed by atoms with Crippen LogP contribution in [0.1, 0.15) is 17.3 Å². The molecule has 0 aliphatic carbocycles. The number of esters is 1. The van der Waals surface area contributed by atoms with Gasteiger partial charge in [-0.15, -0.1) is 0 Å². The molecule has 0 aliphatic rings. The number of Topliss-reactive ketones (excluding diaryl/α,β-unsaturated/α-hetero) is 1. The lowest BCUT2D eigenvalue weighted by atomic mass is 10.1. The van der Waals surface area contributed by atoms with Crippen molar-refractivity contribution in [1.82, 2.24) is 0 Å². The molecule has 6 heteroatoms. The number of hydrogen-bond donors (Lipinski definition) is 0. The molecule has 0 bridgehead atoms. The first-order valence-electron chi connectivity index (χ1n) is 4.88. The maximum Gasteiger partial charge on any atom is 0.379 e. The summed E-state index contributed by atoms with van der Waals surface area (Å²) >= 11 is 0. The number of ether oxygens (including phenoxy) is 1. The Kier molecular flexibility index (Phi) is 4.01. The lowest BCUT2D eigenvalue weighted by Gasteiger charge is -2.05. The monoisotopic (exact) mass is 256 g/mol. The second-order valence-electron chi connectivity index (χ2n) is 3.32. The van der Waals surface area contributed by atoms with E-state index in [0.717, 1.165) is 6.26 Å². The van der Waals surface area contributed by atoms with Crippen LogP contribution in [0.2, 0.25) is 0 Å². The van der Waals surface area contributed by atoms with Crippen molar-refractivity contribution in [2.24, 2.45) is 0 Å². The lowest BCUT2D eigenvalue weighted by molar-refractivity contribution is -0.137. The highest BCUT2D eigenvalue weighted by Crippen LogP contribution is 2.16. The van der Waals surface area contributed by atoms with Gasteiger partial charge in [0, 0.05) is 11.8 Å². The average Bonchev–Trinajstić information content (AvgIpc) is 2.27. The van der Waals surface area contributed by atoms with Crippen LogP contribution in [0, 0.1) is 0 Å². The molecular weight excluding hydrogens is 244 g/mol. The van der Waals surface area contributed by atoms with Crippen molar-refractivity contribution >= 4 is 21.6 Å². The van der Waals surface area contributed by atoms with Gasteiger partial charge in [0.25, 0.3) is 5.78 Å². The van der Waals surface area contributed by atoms with Crippen molar-refractivity contribution in [3.63, 3.8) is 0 Å². The number of hydrogen-bond acceptors (Lipinski definition) is 5. The molecule has 0 unspecified atom stereocenters. The normalized spacial score (nSPS) is 10.9. The fraction of sp³-hybridized carbons (Fsp3) is 0.273. The lowest BCUT2D eigenvalue weighted by Crippen LogP contribution is -2.20. The first kappa shape index (κ1) is 13.4. The molecule has 1 aromatic rings. The van der Waals surface area contributed by atoms with E-state index in [9.17, 15) is 18.0 Å². The van der Waals surface area contributed by atoms with Gasteiger partial charge in [0.2, 0.25) is 0 Å². The summed E-state index contributed by atoms with van der Waals surface area (Å²) in [7, 11) is -3.56. The van der Waals surface area contributed by atoms with Crippen LogP contribution in [0.15, 0.2) is 29.2 Å². The van der Waals surface area contributed by atoms with Crippen LogP contribution >= 0.6 is 0 Å². The quantitative estimate of drug-likeness (QED) is 0.453. The first-order chi connectivity index (χ1) is 7.88. The van der Waals surface area contributed by atoms with Gasteiger partial charge >= 0.3 is 5.97 Å². The maximum atomic E-state index is 11.7. The molecule has 0 radical (unpaired) electrons. The predicted molar refractivity (Wildman–Crippen MR) is 60.5 cm³/mol. The molecule has 0 atom stereocenters. The largest absolute Gasteiger partial charge is 0.460 e. The van der Waals surface area contributed by atoms with E-state index in [2.05, 4.69) is 4.74 Å². The Morgan fingerprint density at radius 1 is 1.24 bits per heavy atom. The Bertz CT molecular complexity index is 545. The molecule has 0 fully saturated rings. The van der Waals surface area contributed by atoms with Gasteiger partial charge in [0.05, 0.1) is 11.5 Å². The summed E-state index contributed by atoms with van der Waals surface area (Å²) in [6, 6.07) is 5.54. The summed E-state index contributed by atoms with van der Waals surface area (Å²) in [5.41, 5.74) is -0.159. The fourth-order valence-electron chi connectivity index (χ4n) is 1.28. The summed E-state index contributed by atoms with van der Waals surface area (Å²) < 4.78 is 27.4. The fourth-order valence-corrected chi connectivity index (χ4v) is 2.17. The van der Waals surface area contributed by atoms with E-state index in [1.165, 1.54) is 24.3 Å². The Hall–Kier alpha value is -1.69. The van der Waals surface area contributed by atoms with Gasteiger partial charge in [-0.25, -0.2) is 13.2 Å². The molecule has 1 rings (SSSR count). The maximum absolute atomic E-state index is 11.7. The molecule has 17 heavy (non-hydrogen) atoms. The molecule has 0 heterocycles. The highest BCUT2D eigenvalue weighted by atomic mass is 32.2. The average molecular weight is 256 g/mol. The minimum absolute atomic E-state index is 0.0611. The zero-order valence-electron chi connectivity index (χ0n) is 9.47. The van der Waals surface area contributed by atoms with E-state index in [1.54, 1.807) is 6.92 Å². The topological polar surface area (TPSA) is 77.5 Å². The molecule has 0 spiro atoms. The van der Waals surface area contributed by atoms with Gasteiger partial charge in [0.15, 0.2) is 9.84 Å². The molecule has 0 aliphatic heterocycles. The van der Waals surface area contributed by atoms with Crippen molar-refractivity contribution in [2.75, 3.05) is 12.9 Å². The Balaban J connectivity index is 3.24. The summed E-state index contributed by atoms with van der Waals surface area (Å²) in [5.74, 6) is -2.00. The number of ketones is 1. The van der Waals surface area contributed by atoms with Gasteiger partial charge in [-0.1, -0.05) is 12.1 Å². The highest BCUT2D eigenvalue weighted by Gasteiger charge is 2.24. The summed E-state index contributed by atoms with van der Waals surface area (Å²) in [6.07, 6.45) is 0.976. The highest BCUT2D eigenvalue weighted by molar-refractivity contribution is 7.90. The third-order valence-electron chi connectivity index (χ3n) is 1.99. The van der Waals surface area contributed by atoms with Gasteiger partial charge in [-0.3, -0.25) is 4.79 Å². The van der Waals surface area contributed by atoms with Gasteiger partial charge < -0.3 is 4.74 Å². The van der Waals surface area contributed by atoms with E-state index in [-0.39, 0.29) is 17.1 Å². The molecular formula is C11H12O5S. The molecule has 0 N–H and O–H groups in total. The van der Waals surface area contributed by atoms with Crippen LogP contribution < -0.4 is 0 Å².